The first-order valence-electron chi connectivity index (χ1n) is 7.87. The number of amides is 1. The minimum Gasteiger partial charge on any atom is -0.497 e. The summed E-state index contributed by atoms with van der Waals surface area (Å²) < 4.78 is 5.15. The molecule has 1 aliphatic rings. The van der Waals surface area contributed by atoms with Crippen LogP contribution in [0.3, 0.4) is 0 Å². The van der Waals surface area contributed by atoms with Crippen molar-refractivity contribution in [2.45, 2.75) is 25.9 Å². The quantitative estimate of drug-likeness (QED) is 0.398. The average Bonchev–Trinajstić information content (AvgIpc) is 3.24. The number of hydrogen-bond donors (Lipinski definition) is 2. The Morgan fingerprint density at radius 1 is 1.33 bits per heavy atom. The van der Waals surface area contributed by atoms with Gasteiger partial charge in [0.15, 0.2) is 5.96 Å². The van der Waals surface area contributed by atoms with Crippen LogP contribution >= 0.6 is 24.0 Å². The van der Waals surface area contributed by atoms with Crippen LogP contribution in [0.1, 0.15) is 18.9 Å². The van der Waals surface area contributed by atoms with Gasteiger partial charge in [-0.15, -0.1) is 24.0 Å². The van der Waals surface area contributed by atoms with E-state index < -0.39 is 0 Å². The van der Waals surface area contributed by atoms with Crippen LogP contribution in [-0.2, 0) is 11.3 Å². The third-order valence-corrected chi connectivity index (χ3v) is 3.92. The zero-order chi connectivity index (χ0) is 16.8. The SMILES string of the molecule is COc1ccc(CN=C(NCC(=O)N(C)C)NC2CC2C)cc1.I. The zero-order valence-electron chi connectivity index (χ0n) is 14.7. The summed E-state index contributed by atoms with van der Waals surface area (Å²) in [5, 5.41) is 6.48. The van der Waals surface area contributed by atoms with Crippen LogP contribution in [0.4, 0.5) is 0 Å². The van der Waals surface area contributed by atoms with Crippen LogP contribution in [0.15, 0.2) is 29.3 Å². The second-order valence-corrected chi connectivity index (χ2v) is 6.12. The van der Waals surface area contributed by atoms with Crippen molar-refractivity contribution >= 4 is 35.8 Å². The van der Waals surface area contributed by atoms with Crippen molar-refractivity contribution in [3.63, 3.8) is 0 Å². The van der Waals surface area contributed by atoms with Gasteiger partial charge in [-0.3, -0.25) is 4.79 Å². The summed E-state index contributed by atoms with van der Waals surface area (Å²) in [4.78, 5) is 17.9. The fourth-order valence-electron chi connectivity index (χ4n) is 2.07. The number of rotatable bonds is 6. The van der Waals surface area contributed by atoms with Gasteiger partial charge in [0.1, 0.15) is 5.75 Å². The summed E-state index contributed by atoms with van der Waals surface area (Å²) in [6.45, 7) is 2.99. The second kappa shape index (κ2) is 9.71. The number of carbonyl (C=O) groups is 1. The Bertz CT molecular complexity index is 560. The topological polar surface area (TPSA) is 66.0 Å². The van der Waals surface area contributed by atoms with Crippen molar-refractivity contribution in [3.8, 4) is 5.75 Å². The molecule has 7 heteroatoms. The molecule has 1 aliphatic carbocycles. The molecule has 0 aliphatic heterocycles. The number of aliphatic imine (C=N–C) groups is 1. The van der Waals surface area contributed by atoms with E-state index in [9.17, 15) is 4.79 Å². The second-order valence-electron chi connectivity index (χ2n) is 6.12. The molecule has 0 saturated heterocycles. The Balaban J connectivity index is 0.00000288. The molecule has 134 valence electrons. The molecule has 2 atom stereocenters. The predicted octanol–water partition coefficient (Wildman–Crippen LogP) is 1.85. The molecule has 1 amide bonds. The summed E-state index contributed by atoms with van der Waals surface area (Å²) in [7, 11) is 5.14. The van der Waals surface area contributed by atoms with Crippen LogP contribution in [0.25, 0.3) is 0 Å². The van der Waals surface area contributed by atoms with Crippen molar-refractivity contribution in [1.29, 1.82) is 0 Å². The first kappa shape index (κ1) is 20.5. The fourth-order valence-corrected chi connectivity index (χ4v) is 2.07. The molecule has 1 aromatic rings. The molecular formula is C17H27IN4O2. The predicted molar refractivity (Wildman–Crippen MR) is 107 cm³/mol. The highest BCUT2D eigenvalue weighted by Crippen LogP contribution is 2.28. The van der Waals surface area contributed by atoms with E-state index in [2.05, 4.69) is 22.5 Å². The lowest BCUT2D eigenvalue weighted by Gasteiger charge is -2.15. The number of likely N-dealkylation sites (N-methyl/N-ethyl adjacent to an activating group) is 1. The van der Waals surface area contributed by atoms with E-state index in [-0.39, 0.29) is 36.4 Å². The highest BCUT2D eigenvalue weighted by atomic mass is 127. The Labute approximate surface area is 161 Å². The first-order chi connectivity index (χ1) is 11.0. The highest BCUT2D eigenvalue weighted by Gasteiger charge is 2.33. The van der Waals surface area contributed by atoms with Gasteiger partial charge in [0.25, 0.3) is 0 Å². The highest BCUT2D eigenvalue weighted by molar-refractivity contribution is 14.0. The molecule has 2 unspecified atom stereocenters. The third kappa shape index (κ3) is 6.54. The largest absolute Gasteiger partial charge is 0.497 e. The summed E-state index contributed by atoms with van der Waals surface area (Å²) >= 11 is 0. The standard InChI is InChI=1S/C17H26N4O2.HI/c1-12-9-15(12)20-17(19-11-16(22)21(2)3)18-10-13-5-7-14(23-4)8-6-13;/h5-8,12,15H,9-11H2,1-4H3,(H2,18,19,20);1H. The molecule has 1 fully saturated rings. The van der Waals surface area contributed by atoms with E-state index in [1.165, 1.54) is 0 Å². The van der Waals surface area contributed by atoms with Gasteiger partial charge in [-0.25, -0.2) is 4.99 Å². The van der Waals surface area contributed by atoms with Gasteiger partial charge in [0, 0.05) is 20.1 Å². The first-order valence-corrected chi connectivity index (χ1v) is 7.87. The number of nitrogens with zero attached hydrogens (tertiary/aromatic N) is 2. The van der Waals surface area contributed by atoms with Crippen molar-refractivity contribution in [2.75, 3.05) is 27.7 Å². The third-order valence-electron chi connectivity index (χ3n) is 3.92. The summed E-state index contributed by atoms with van der Waals surface area (Å²) in [5.41, 5.74) is 1.09. The van der Waals surface area contributed by atoms with E-state index in [1.54, 1.807) is 26.1 Å². The molecule has 2 rings (SSSR count). The van der Waals surface area contributed by atoms with Crippen molar-refractivity contribution in [3.05, 3.63) is 29.8 Å². The van der Waals surface area contributed by atoms with Crippen LogP contribution in [0.2, 0.25) is 0 Å². The summed E-state index contributed by atoms with van der Waals surface area (Å²) in [6, 6.07) is 8.27. The van der Waals surface area contributed by atoms with Gasteiger partial charge < -0.3 is 20.3 Å². The van der Waals surface area contributed by atoms with Gasteiger partial charge in [0.05, 0.1) is 20.2 Å². The molecule has 0 heterocycles. The van der Waals surface area contributed by atoms with Gasteiger partial charge >= 0.3 is 0 Å². The van der Waals surface area contributed by atoms with Gasteiger partial charge in [-0.2, -0.15) is 0 Å². The van der Waals surface area contributed by atoms with Crippen molar-refractivity contribution in [1.82, 2.24) is 15.5 Å². The number of halogens is 1. The lowest BCUT2D eigenvalue weighted by atomic mass is 10.2. The van der Waals surface area contributed by atoms with E-state index in [0.29, 0.717) is 24.5 Å². The molecule has 0 aromatic heterocycles. The van der Waals surface area contributed by atoms with E-state index in [4.69, 9.17) is 4.74 Å². The summed E-state index contributed by atoms with van der Waals surface area (Å²) in [5.74, 6) is 2.20. The molecule has 2 N–H and O–H groups in total. The van der Waals surface area contributed by atoms with Crippen LogP contribution in [0.5, 0.6) is 5.75 Å². The monoisotopic (exact) mass is 446 g/mol. The molecule has 24 heavy (non-hydrogen) atoms. The Morgan fingerprint density at radius 2 is 1.96 bits per heavy atom. The number of nitrogens with one attached hydrogen (secondary N) is 2. The summed E-state index contributed by atoms with van der Waals surface area (Å²) in [6.07, 6.45) is 1.14. The number of hydrogen-bond acceptors (Lipinski definition) is 3. The molecule has 1 saturated carbocycles. The maximum atomic E-state index is 11.7. The maximum Gasteiger partial charge on any atom is 0.241 e. The smallest absolute Gasteiger partial charge is 0.241 e. The Morgan fingerprint density at radius 3 is 2.46 bits per heavy atom. The van der Waals surface area contributed by atoms with E-state index >= 15 is 0 Å². The van der Waals surface area contributed by atoms with Crippen molar-refractivity contribution in [2.24, 2.45) is 10.9 Å². The number of benzene rings is 1. The van der Waals surface area contributed by atoms with Crippen molar-refractivity contribution < 1.29 is 9.53 Å². The molecule has 0 bridgehead atoms. The normalized spacial score (nSPS) is 19.1. The lowest BCUT2D eigenvalue weighted by Crippen LogP contribution is -2.44. The number of guanidine groups is 1. The molecule has 0 radical (unpaired) electrons. The zero-order valence-corrected chi connectivity index (χ0v) is 17.0. The number of ether oxygens (including phenoxy) is 1. The van der Waals surface area contributed by atoms with Gasteiger partial charge in [-0.1, -0.05) is 19.1 Å². The Hall–Kier alpha value is -1.51. The van der Waals surface area contributed by atoms with Crippen LogP contribution in [0, 0.1) is 5.92 Å². The molecule has 1 aromatic carbocycles. The minimum absolute atomic E-state index is 0. The number of carbonyl (C=O) groups excluding carboxylic acids is 1. The lowest BCUT2D eigenvalue weighted by molar-refractivity contribution is -0.127. The van der Waals surface area contributed by atoms with Gasteiger partial charge in [-0.05, 0) is 30.0 Å². The molecule has 6 nitrogen and oxygen atoms in total. The average molecular weight is 446 g/mol. The van der Waals surface area contributed by atoms with Gasteiger partial charge in [0.2, 0.25) is 5.91 Å². The minimum atomic E-state index is 0. The molecular weight excluding hydrogens is 419 g/mol. The maximum absolute atomic E-state index is 11.7. The fraction of sp³-hybridized carbons (Fsp3) is 0.529. The number of methoxy groups -OCH3 is 1. The van der Waals surface area contributed by atoms with Crippen LogP contribution in [-0.4, -0.2) is 50.6 Å². The molecule has 0 spiro atoms. The van der Waals surface area contributed by atoms with Crippen LogP contribution < -0.4 is 15.4 Å². The Kier molecular flexibility index (Phi) is 8.30. The van der Waals surface area contributed by atoms with E-state index in [0.717, 1.165) is 17.7 Å². The van der Waals surface area contributed by atoms with E-state index in [1.807, 2.05) is 24.3 Å².